The predicted octanol–water partition coefficient (Wildman–Crippen LogP) is 1.03. The molecule has 0 saturated carbocycles. The quantitative estimate of drug-likeness (QED) is 0.457. The van der Waals surface area contributed by atoms with Gasteiger partial charge in [0.05, 0.1) is 4.47 Å². The average Bonchev–Trinajstić information content (AvgIpc) is 2.11. The van der Waals surface area contributed by atoms with E-state index in [1.54, 1.807) is 0 Å². The number of hydrogen-bond acceptors (Lipinski definition) is 2. The first-order valence-electron chi connectivity index (χ1n) is 4.02. The Kier molecular flexibility index (Phi) is 3.97. The third kappa shape index (κ3) is 3.28. The van der Waals surface area contributed by atoms with Gasteiger partial charge in [-0.3, -0.25) is 0 Å². The Morgan fingerprint density at radius 1 is 1.31 bits per heavy atom. The molecule has 0 heterocycles. The lowest BCUT2D eigenvalue weighted by Gasteiger charge is -2.03. The largest absolute Gasteiger partial charge is 0.505 e. The Bertz CT molecular complexity index is 470. The summed E-state index contributed by atoms with van der Waals surface area (Å²) >= 11 is 8.88. The van der Waals surface area contributed by atoms with Crippen LogP contribution in [0.15, 0.2) is 26.6 Å². The molecule has 0 fully saturated rings. The number of guanidine groups is 2. The second-order valence-corrected chi connectivity index (χ2v) is 4.05. The average molecular weight is 307 g/mol. The molecule has 0 spiro atoms. The molecule has 86 valence electrons. The number of halogens is 2. The van der Waals surface area contributed by atoms with E-state index in [0.29, 0.717) is 9.50 Å². The molecule has 0 bridgehead atoms. The van der Waals surface area contributed by atoms with Gasteiger partial charge in [0.25, 0.3) is 0 Å². The lowest BCUT2D eigenvalue weighted by molar-refractivity contribution is 0.473. The van der Waals surface area contributed by atoms with Crippen LogP contribution in [0.5, 0.6) is 5.75 Å². The number of hydrogen-bond donors (Lipinski definition) is 4. The maximum Gasteiger partial charge on any atom is 0.223 e. The van der Waals surface area contributed by atoms with Gasteiger partial charge in [-0.05, 0) is 28.1 Å². The van der Waals surface area contributed by atoms with E-state index >= 15 is 0 Å². The molecule has 1 aromatic rings. The van der Waals surface area contributed by atoms with Crippen LogP contribution < -0.4 is 17.2 Å². The standard InChI is InChI=1S/C8H9BrClN5O/c9-4-1-3(10)2-5(6(4)16)14-8(13)15-7(11)12/h1-2,16H,(H6,11,12,13,14,15). The maximum atomic E-state index is 9.63. The van der Waals surface area contributed by atoms with Crippen molar-refractivity contribution in [2.75, 3.05) is 0 Å². The van der Waals surface area contributed by atoms with Crippen molar-refractivity contribution < 1.29 is 5.11 Å². The number of nitrogens with zero attached hydrogens (tertiary/aromatic N) is 2. The van der Waals surface area contributed by atoms with Crippen LogP contribution in [-0.2, 0) is 0 Å². The summed E-state index contributed by atoms with van der Waals surface area (Å²) in [7, 11) is 0. The SMILES string of the molecule is NC(N)=NC(N)=Nc1cc(Cl)cc(Br)c1O. The van der Waals surface area contributed by atoms with E-state index in [0.717, 1.165) is 0 Å². The van der Waals surface area contributed by atoms with Crippen molar-refractivity contribution in [3.8, 4) is 5.75 Å². The van der Waals surface area contributed by atoms with Gasteiger partial charge in [-0.2, -0.15) is 4.99 Å². The summed E-state index contributed by atoms with van der Waals surface area (Å²) in [5, 5.41) is 10.0. The smallest absolute Gasteiger partial charge is 0.223 e. The molecule has 0 aliphatic rings. The molecule has 6 nitrogen and oxygen atoms in total. The number of rotatable bonds is 1. The molecule has 0 radical (unpaired) electrons. The summed E-state index contributed by atoms with van der Waals surface area (Å²) in [5.41, 5.74) is 15.8. The minimum atomic E-state index is -0.221. The third-order valence-corrected chi connectivity index (χ3v) is 2.31. The fourth-order valence-electron chi connectivity index (χ4n) is 0.918. The topological polar surface area (TPSA) is 123 Å². The highest BCUT2D eigenvalue weighted by Gasteiger charge is 2.07. The molecule has 0 saturated heterocycles. The molecule has 0 unspecified atom stereocenters. The lowest BCUT2D eigenvalue weighted by atomic mass is 10.3. The highest BCUT2D eigenvalue weighted by atomic mass is 79.9. The first-order valence-corrected chi connectivity index (χ1v) is 5.19. The van der Waals surface area contributed by atoms with Gasteiger partial charge in [-0.1, -0.05) is 11.6 Å². The minimum absolute atomic E-state index is 0.0989. The molecular weight excluding hydrogens is 297 g/mol. The number of nitrogens with two attached hydrogens (primary N) is 3. The maximum absolute atomic E-state index is 9.63. The second-order valence-electron chi connectivity index (χ2n) is 2.76. The number of phenolic OH excluding ortho intramolecular Hbond substituents is 1. The van der Waals surface area contributed by atoms with Gasteiger partial charge in [0.2, 0.25) is 5.96 Å². The van der Waals surface area contributed by atoms with Gasteiger partial charge in [-0.15, -0.1) is 0 Å². The van der Waals surface area contributed by atoms with Gasteiger partial charge in [0, 0.05) is 5.02 Å². The zero-order valence-corrected chi connectivity index (χ0v) is 10.3. The first-order chi connectivity index (χ1) is 7.40. The van der Waals surface area contributed by atoms with Gasteiger partial charge in [-0.25, -0.2) is 4.99 Å². The van der Waals surface area contributed by atoms with Crippen LogP contribution in [0, 0.1) is 0 Å². The van der Waals surface area contributed by atoms with E-state index in [9.17, 15) is 5.11 Å². The Morgan fingerprint density at radius 3 is 2.50 bits per heavy atom. The molecule has 8 heteroatoms. The monoisotopic (exact) mass is 305 g/mol. The Hall–Kier alpha value is -1.47. The van der Waals surface area contributed by atoms with Crippen LogP contribution in [0.25, 0.3) is 0 Å². The van der Waals surface area contributed by atoms with Crippen molar-refractivity contribution in [1.82, 2.24) is 0 Å². The molecule has 0 amide bonds. The number of benzene rings is 1. The van der Waals surface area contributed by atoms with E-state index < -0.39 is 0 Å². The normalized spacial score (nSPS) is 11.2. The highest BCUT2D eigenvalue weighted by Crippen LogP contribution is 2.37. The number of phenols is 1. The van der Waals surface area contributed by atoms with Crippen LogP contribution >= 0.6 is 27.5 Å². The zero-order chi connectivity index (χ0) is 12.3. The van der Waals surface area contributed by atoms with Crippen molar-refractivity contribution in [2.24, 2.45) is 27.2 Å². The number of aromatic hydroxyl groups is 1. The third-order valence-electron chi connectivity index (χ3n) is 1.49. The van der Waals surface area contributed by atoms with Gasteiger partial charge >= 0.3 is 0 Å². The summed E-state index contributed by atoms with van der Waals surface area (Å²) in [6.07, 6.45) is 0. The molecule has 0 aliphatic carbocycles. The molecule has 16 heavy (non-hydrogen) atoms. The van der Waals surface area contributed by atoms with Crippen molar-refractivity contribution in [3.63, 3.8) is 0 Å². The van der Waals surface area contributed by atoms with E-state index in [4.69, 9.17) is 28.8 Å². The number of aliphatic imine (C=N–C) groups is 2. The molecule has 0 aromatic heterocycles. The Balaban J connectivity index is 3.20. The zero-order valence-electron chi connectivity index (χ0n) is 7.98. The molecule has 1 rings (SSSR count). The minimum Gasteiger partial charge on any atom is -0.505 e. The van der Waals surface area contributed by atoms with E-state index in [1.807, 2.05) is 0 Å². The summed E-state index contributed by atoms with van der Waals surface area (Å²) < 4.78 is 0.399. The van der Waals surface area contributed by atoms with Crippen LogP contribution in [0.4, 0.5) is 5.69 Å². The Labute approximate surface area is 105 Å². The molecular formula is C8H9BrClN5O. The first kappa shape index (κ1) is 12.6. The Morgan fingerprint density at radius 2 is 1.94 bits per heavy atom. The summed E-state index contributed by atoms with van der Waals surface area (Å²) in [4.78, 5) is 7.31. The molecule has 0 atom stereocenters. The molecule has 0 aliphatic heterocycles. The summed E-state index contributed by atoms with van der Waals surface area (Å²) in [6.45, 7) is 0. The van der Waals surface area contributed by atoms with Crippen molar-refractivity contribution in [2.45, 2.75) is 0 Å². The van der Waals surface area contributed by atoms with Gasteiger partial charge in [0.15, 0.2) is 11.7 Å². The van der Waals surface area contributed by atoms with Crippen molar-refractivity contribution in [3.05, 3.63) is 21.6 Å². The fraction of sp³-hybridized carbons (Fsp3) is 0. The van der Waals surface area contributed by atoms with E-state index in [2.05, 4.69) is 25.9 Å². The predicted molar refractivity (Wildman–Crippen MR) is 67.9 cm³/mol. The van der Waals surface area contributed by atoms with Crippen molar-refractivity contribution >= 4 is 45.1 Å². The van der Waals surface area contributed by atoms with Crippen LogP contribution in [-0.4, -0.2) is 17.0 Å². The summed E-state index contributed by atoms with van der Waals surface area (Å²) in [5.74, 6) is -0.496. The molecule has 7 N–H and O–H groups in total. The van der Waals surface area contributed by atoms with E-state index in [1.165, 1.54) is 12.1 Å². The van der Waals surface area contributed by atoms with Gasteiger partial charge < -0.3 is 22.3 Å². The van der Waals surface area contributed by atoms with Crippen molar-refractivity contribution in [1.29, 1.82) is 0 Å². The molecule has 1 aromatic carbocycles. The lowest BCUT2D eigenvalue weighted by Crippen LogP contribution is -2.26. The van der Waals surface area contributed by atoms with Crippen LogP contribution in [0.2, 0.25) is 5.02 Å². The van der Waals surface area contributed by atoms with Crippen LogP contribution in [0.1, 0.15) is 0 Å². The second kappa shape index (κ2) is 5.04. The highest BCUT2D eigenvalue weighted by molar-refractivity contribution is 9.10. The summed E-state index contributed by atoms with van der Waals surface area (Å²) in [6, 6.07) is 2.95. The fourth-order valence-corrected chi connectivity index (χ4v) is 1.71. The van der Waals surface area contributed by atoms with Gasteiger partial charge in [0.1, 0.15) is 5.69 Å². The van der Waals surface area contributed by atoms with Crippen LogP contribution in [0.3, 0.4) is 0 Å². The van der Waals surface area contributed by atoms with E-state index in [-0.39, 0.29) is 23.4 Å².